The van der Waals surface area contributed by atoms with E-state index < -0.39 is 0 Å². The topological polar surface area (TPSA) is 60.2 Å². The van der Waals surface area contributed by atoms with Crippen LogP contribution in [0.25, 0.3) is 0 Å². The fourth-order valence-corrected chi connectivity index (χ4v) is 2.82. The lowest BCUT2D eigenvalue weighted by Gasteiger charge is -2.04. The summed E-state index contributed by atoms with van der Waals surface area (Å²) < 4.78 is 10.6. The summed E-state index contributed by atoms with van der Waals surface area (Å²) >= 11 is 1.71. The molecule has 2 aromatic heterocycles. The number of hydrogen-bond acceptors (Lipinski definition) is 6. The molecule has 96 valence electrons. The molecule has 0 spiro atoms. The van der Waals surface area contributed by atoms with Crippen LogP contribution < -0.4 is 5.32 Å². The van der Waals surface area contributed by atoms with Crippen molar-refractivity contribution >= 4 is 11.3 Å². The van der Waals surface area contributed by atoms with Crippen molar-refractivity contribution in [3.05, 3.63) is 34.1 Å². The minimum Gasteiger partial charge on any atom is -0.380 e. The van der Waals surface area contributed by atoms with Gasteiger partial charge in [-0.25, -0.2) is 0 Å². The second-order valence-corrected chi connectivity index (χ2v) is 5.39. The molecule has 2 atom stereocenters. The number of nitrogens with zero attached hydrogens (tertiary/aromatic N) is 2. The van der Waals surface area contributed by atoms with Gasteiger partial charge in [0.15, 0.2) is 5.82 Å². The lowest BCUT2D eigenvalue weighted by atomic mass is 10.2. The second-order valence-electron chi connectivity index (χ2n) is 4.36. The molecule has 6 heteroatoms. The van der Waals surface area contributed by atoms with E-state index in [1.165, 1.54) is 4.88 Å². The predicted octanol–water partition coefficient (Wildman–Crippen LogP) is 1.77. The first kappa shape index (κ1) is 11.8. The van der Waals surface area contributed by atoms with Gasteiger partial charge in [-0.1, -0.05) is 11.2 Å². The number of rotatable bonds is 4. The third kappa shape index (κ3) is 2.45. The number of thiophene rings is 1. The molecule has 1 saturated heterocycles. The molecule has 0 saturated carbocycles. The van der Waals surface area contributed by atoms with E-state index in [2.05, 4.69) is 26.9 Å². The molecule has 3 rings (SSSR count). The SMILES string of the molecule is CO[C@@H]1CN[C@@H](c2nc(Cc3cccs3)no2)C1. The molecular formula is C12H15N3O2S. The maximum atomic E-state index is 5.32. The Morgan fingerprint density at radius 3 is 3.28 bits per heavy atom. The Morgan fingerprint density at radius 1 is 1.61 bits per heavy atom. The lowest BCUT2D eigenvalue weighted by molar-refractivity contribution is 0.116. The van der Waals surface area contributed by atoms with Gasteiger partial charge in [0.25, 0.3) is 0 Å². The summed E-state index contributed by atoms with van der Waals surface area (Å²) in [4.78, 5) is 5.69. The summed E-state index contributed by atoms with van der Waals surface area (Å²) in [7, 11) is 1.73. The highest BCUT2D eigenvalue weighted by atomic mass is 32.1. The van der Waals surface area contributed by atoms with E-state index in [0.717, 1.165) is 25.2 Å². The molecule has 1 N–H and O–H groups in total. The quantitative estimate of drug-likeness (QED) is 0.913. The Bertz CT molecular complexity index is 497. The number of aromatic nitrogens is 2. The number of ether oxygens (including phenoxy) is 1. The number of hydrogen-bond donors (Lipinski definition) is 1. The molecule has 18 heavy (non-hydrogen) atoms. The average Bonchev–Trinajstić information content (AvgIpc) is 3.09. The molecule has 0 aromatic carbocycles. The van der Waals surface area contributed by atoms with Crippen LogP contribution in [0.3, 0.4) is 0 Å². The van der Waals surface area contributed by atoms with Crippen LogP contribution in [0.15, 0.2) is 22.0 Å². The Hall–Kier alpha value is -1.24. The van der Waals surface area contributed by atoms with Crippen LogP contribution >= 0.6 is 11.3 Å². The maximum Gasteiger partial charge on any atom is 0.243 e. The molecule has 0 amide bonds. The summed E-state index contributed by atoms with van der Waals surface area (Å²) in [5, 5.41) is 9.41. The van der Waals surface area contributed by atoms with Crippen LogP contribution in [0.1, 0.15) is 29.1 Å². The maximum absolute atomic E-state index is 5.32. The van der Waals surface area contributed by atoms with Gasteiger partial charge in [-0.2, -0.15) is 4.98 Å². The standard InChI is InChI=1S/C12H15N3O2S/c1-16-8-5-10(13-7-8)12-14-11(15-17-12)6-9-3-2-4-18-9/h2-4,8,10,13H,5-7H2,1H3/t8-,10+/m0/s1. The molecule has 0 aliphatic carbocycles. The van der Waals surface area contributed by atoms with Gasteiger partial charge in [-0.3, -0.25) is 0 Å². The van der Waals surface area contributed by atoms with Crippen LogP contribution in [0.2, 0.25) is 0 Å². The number of nitrogens with one attached hydrogen (secondary N) is 1. The zero-order chi connectivity index (χ0) is 12.4. The first-order valence-corrected chi connectivity index (χ1v) is 6.84. The Morgan fingerprint density at radius 2 is 2.56 bits per heavy atom. The van der Waals surface area contributed by atoms with Crippen LogP contribution in [-0.4, -0.2) is 29.9 Å². The Labute approximate surface area is 109 Å². The molecule has 2 aromatic rings. The molecule has 3 heterocycles. The van der Waals surface area contributed by atoms with Crippen molar-refractivity contribution in [2.75, 3.05) is 13.7 Å². The van der Waals surface area contributed by atoms with Gasteiger partial charge in [0.05, 0.1) is 12.1 Å². The van der Waals surface area contributed by atoms with Gasteiger partial charge in [0.1, 0.15) is 0 Å². The van der Waals surface area contributed by atoms with Gasteiger partial charge in [0, 0.05) is 25.0 Å². The van der Waals surface area contributed by atoms with E-state index >= 15 is 0 Å². The van der Waals surface area contributed by atoms with Crippen molar-refractivity contribution in [2.45, 2.75) is 25.0 Å². The number of methoxy groups -OCH3 is 1. The zero-order valence-electron chi connectivity index (χ0n) is 10.1. The fraction of sp³-hybridized carbons (Fsp3) is 0.500. The van der Waals surface area contributed by atoms with Crippen LogP contribution in [0.4, 0.5) is 0 Å². The van der Waals surface area contributed by atoms with E-state index in [0.29, 0.717) is 5.89 Å². The van der Waals surface area contributed by atoms with Gasteiger partial charge in [-0.05, 0) is 17.9 Å². The summed E-state index contributed by atoms with van der Waals surface area (Å²) in [6, 6.07) is 4.23. The summed E-state index contributed by atoms with van der Waals surface area (Å²) in [5.74, 6) is 1.41. The smallest absolute Gasteiger partial charge is 0.243 e. The highest BCUT2D eigenvalue weighted by molar-refractivity contribution is 7.09. The Kier molecular flexibility index (Phi) is 3.40. The molecule has 5 nitrogen and oxygen atoms in total. The summed E-state index contributed by atoms with van der Waals surface area (Å²) in [6.07, 6.45) is 1.86. The molecule has 1 aliphatic rings. The second kappa shape index (κ2) is 5.17. The summed E-state index contributed by atoms with van der Waals surface area (Å²) in [6.45, 7) is 0.837. The van der Waals surface area contributed by atoms with Crippen molar-refractivity contribution in [2.24, 2.45) is 0 Å². The molecular weight excluding hydrogens is 250 g/mol. The van der Waals surface area contributed by atoms with Gasteiger partial charge in [0.2, 0.25) is 5.89 Å². The van der Waals surface area contributed by atoms with Gasteiger partial charge >= 0.3 is 0 Å². The third-order valence-electron chi connectivity index (χ3n) is 3.12. The normalized spacial score (nSPS) is 23.6. The Balaban J connectivity index is 1.66. The van der Waals surface area contributed by atoms with Crippen molar-refractivity contribution in [3.63, 3.8) is 0 Å². The van der Waals surface area contributed by atoms with Crippen molar-refractivity contribution in [1.82, 2.24) is 15.5 Å². The minimum atomic E-state index is 0.125. The lowest BCUT2D eigenvalue weighted by Crippen LogP contribution is -2.16. The van der Waals surface area contributed by atoms with Crippen LogP contribution in [-0.2, 0) is 11.2 Å². The van der Waals surface area contributed by atoms with Crippen LogP contribution in [0, 0.1) is 0 Å². The van der Waals surface area contributed by atoms with Crippen molar-refractivity contribution in [3.8, 4) is 0 Å². The monoisotopic (exact) mass is 265 g/mol. The fourth-order valence-electron chi connectivity index (χ4n) is 2.12. The van der Waals surface area contributed by atoms with Crippen molar-refractivity contribution < 1.29 is 9.26 Å². The largest absolute Gasteiger partial charge is 0.380 e. The molecule has 0 radical (unpaired) electrons. The van der Waals surface area contributed by atoms with Gasteiger partial charge in [-0.15, -0.1) is 11.3 Å². The highest BCUT2D eigenvalue weighted by Crippen LogP contribution is 2.23. The minimum absolute atomic E-state index is 0.125. The first-order valence-electron chi connectivity index (χ1n) is 5.96. The zero-order valence-corrected chi connectivity index (χ0v) is 10.9. The predicted molar refractivity (Wildman–Crippen MR) is 67.6 cm³/mol. The first-order chi connectivity index (χ1) is 8.85. The van der Waals surface area contributed by atoms with E-state index in [4.69, 9.17) is 9.26 Å². The molecule has 1 fully saturated rings. The van der Waals surface area contributed by atoms with E-state index in [1.54, 1.807) is 18.4 Å². The molecule has 0 bridgehead atoms. The summed E-state index contributed by atoms with van der Waals surface area (Å²) in [5.41, 5.74) is 0. The van der Waals surface area contributed by atoms with E-state index in [9.17, 15) is 0 Å². The molecule has 0 unspecified atom stereocenters. The van der Waals surface area contributed by atoms with E-state index in [-0.39, 0.29) is 12.1 Å². The highest BCUT2D eigenvalue weighted by Gasteiger charge is 2.29. The average molecular weight is 265 g/mol. The van der Waals surface area contributed by atoms with Crippen LogP contribution in [0.5, 0.6) is 0 Å². The molecule has 1 aliphatic heterocycles. The van der Waals surface area contributed by atoms with Gasteiger partial charge < -0.3 is 14.6 Å². The van der Waals surface area contributed by atoms with E-state index in [1.807, 2.05) is 6.07 Å². The third-order valence-corrected chi connectivity index (χ3v) is 3.99. The van der Waals surface area contributed by atoms with Crippen molar-refractivity contribution in [1.29, 1.82) is 0 Å².